The van der Waals surface area contributed by atoms with Gasteiger partial charge in [0.15, 0.2) is 12.1 Å². The topological polar surface area (TPSA) is 148 Å². The lowest BCUT2D eigenvalue weighted by Crippen LogP contribution is -2.26. The second kappa shape index (κ2) is 20.7. The predicted octanol–water partition coefficient (Wildman–Crippen LogP) is 7.87. The number of aldehydes is 1. The highest BCUT2D eigenvalue weighted by molar-refractivity contribution is 7.17. The first-order chi connectivity index (χ1) is 24.5. The van der Waals surface area contributed by atoms with Crippen LogP contribution in [0.1, 0.15) is 55.2 Å². The van der Waals surface area contributed by atoms with Crippen molar-refractivity contribution in [2.75, 3.05) is 13.2 Å². The van der Waals surface area contributed by atoms with Gasteiger partial charge in [-0.1, -0.05) is 23.7 Å². The Morgan fingerprint density at radius 1 is 0.824 bits per heavy atom. The Morgan fingerprint density at radius 2 is 1.39 bits per heavy atom. The minimum atomic E-state index is -0.946. The average molecular weight is 725 g/mol. The summed E-state index contributed by atoms with van der Waals surface area (Å²) in [4.78, 5) is 57.6. The normalized spacial score (nSPS) is 10.5. The molecule has 0 saturated carbocycles. The van der Waals surface area contributed by atoms with Crippen molar-refractivity contribution in [1.29, 1.82) is 0 Å². The van der Waals surface area contributed by atoms with Gasteiger partial charge in [0.2, 0.25) is 5.91 Å². The smallest absolute Gasteiger partial charge is 0.328 e. The lowest BCUT2D eigenvalue weighted by atomic mass is 10.2. The number of carbonyl (C=O) groups is 4. The van der Waals surface area contributed by atoms with Crippen LogP contribution in [0.15, 0.2) is 97.5 Å². The molecule has 0 unspecified atom stereocenters. The lowest BCUT2D eigenvalue weighted by Gasteiger charge is -2.09. The maximum absolute atomic E-state index is 11.9. The number of nitrogens with one attached hydrogen (secondary N) is 1. The van der Waals surface area contributed by atoms with Crippen LogP contribution in [-0.2, 0) is 9.59 Å². The zero-order chi connectivity index (χ0) is 37.2. The van der Waals surface area contributed by atoms with E-state index in [4.69, 9.17) is 21.4 Å². The van der Waals surface area contributed by atoms with Crippen LogP contribution in [0.4, 0.5) is 0 Å². The number of hydrogen-bond acceptors (Lipinski definition) is 9. The molecule has 51 heavy (non-hydrogen) atoms. The average Bonchev–Trinajstić information content (AvgIpc) is 3.62. The number of pyridine rings is 3. The molecule has 1 aromatic carbocycles. The zero-order valence-electron chi connectivity index (χ0n) is 28.5. The van der Waals surface area contributed by atoms with E-state index in [0.29, 0.717) is 27.8 Å². The van der Waals surface area contributed by atoms with Crippen molar-refractivity contribution in [1.82, 2.24) is 20.3 Å². The van der Waals surface area contributed by atoms with Gasteiger partial charge in [0.25, 0.3) is 0 Å². The molecule has 2 N–H and O–H groups in total. The van der Waals surface area contributed by atoms with E-state index in [-0.39, 0.29) is 18.3 Å². The van der Waals surface area contributed by atoms with Gasteiger partial charge in [-0.15, -0.1) is 11.3 Å². The molecule has 10 nitrogen and oxygen atoms in total. The zero-order valence-corrected chi connectivity index (χ0v) is 30.1. The van der Waals surface area contributed by atoms with E-state index in [0.717, 1.165) is 51.0 Å². The highest BCUT2D eigenvalue weighted by Gasteiger charge is 2.09. The molecular weight excluding hydrogens is 688 g/mol. The monoisotopic (exact) mass is 724 g/mol. The summed E-state index contributed by atoms with van der Waals surface area (Å²) < 4.78 is 5.67. The molecule has 0 aliphatic rings. The summed E-state index contributed by atoms with van der Waals surface area (Å²) >= 11 is 7.76. The standard InChI is InChI=1S/C23H21ClN2O3S.C9H9NO2.C7H7NO/c1-15-17(4-3-11-25-15)6-10-23(28)26-12-13-29-20-7-5-18(14-19(20)24)22-9-8-21(30-22)16(2)27;1-7-8(3-2-6-10-7)4-5-9(11)12;1-6-7(5-9)3-2-4-8-6/h3-11,14H,12-13H2,1-2H3,(H,26,28);2-6H,1H3,(H,11,12);2-5H,1H3/b10-6+;5-4+;. The maximum atomic E-state index is 11.9. The van der Waals surface area contributed by atoms with E-state index >= 15 is 0 Å². The number of aliphatic carboxylic acids is 1. The molecule has 0 fully saturated rings. The molecule has 1 amide bonds. The van der Waals surface area contributed by atoms with Gasteiger partial charge in [0.1, 0.15) is 12.4 Å². The van der Waals surface area contributed by atoms with Crippen molar-refractivity contribution in [3.05, 3.63) is 141 Å². The number of halogens is 1. The molecule has 0 aliphatic heterocycles. The van der Waals surface area contributed by atoms with Crippen LogP contribution in [-0.4, -0.2) is 57.2 Å². The molecular formula is C39H37ClN4O6S. The van der Waals surface area contributed by atoms with Gasteiger partial charge in [-0.2, -0.15) is 0 Å². The van der Waals surface area contributed by atoms with Gasteiger partial charge in [-0.3, -0.25) is 29.3 Å². The van der Waals surface area contributed by atoms with Gasteiger partial charge < -0.3 is 15.2 Å². The minimum absolute atomic E-state index is 0.0461. The summed E-state index contributed by atoms with van der Waals surface area (Å²) in [5, 5.41) is 11.6. The van der Waals surface area contributed by atoms with Gasteiger partial charge in [-0.25, -0.2) is 4.79 Å². The van der Waals surface area contributed by atoms with Crippen molar-refractivity contribution in [3.8, 4) is 16.2 Å². The van der Waals surface area contributed by atoms with Crippen LogP contribution >= 0.6 is 22.9 Å². The number of benzene rings is 1. The quantitative estimate of drug-likeness (QED) is 0.0601. The predicted molar refractivity (Wildman–Crippen MR) is 201 cm³/mol. The molecule has 0 spiro atoms. The van der Waals surface area contributed by atoms with E-state index in [1.807, 2.05) is 63.2 Å². The number of aryl methyl sites for hydroxylation is 3. The lowest BCUT2D eigenvalue weighted by molar-refractivity contribution is -0.131. The molecule has 5 rings (SSSR count). The molecule has 4 heterocycles. The molecule has 0 saturated heterocycles. The third-order valence-corrected chi connectivity index (χ3v) is 8.45. The Kier molecular flexibility index (Phi) is 16.1. The van der Waals surface area contributed by atoms with E-state index in [2.05, 4.69) is 20.3 Å². The first-order valence-electron chi connectivity index (χ1n) is 15.6. The second-order valence-electron chi connectivity index (χ2n) is 10.7. The molecule has 0 radical (unpaired) electrons. The van der Waals surface area contributed by atoms with E-state index in [1.165, 1.54) is 23.5 Å². The van der Waals surface area contributed by atoms with Crippen LogP contribution < -0.4 is 10.1 Å². The Morgan fingerprint density at radius 3 is 1.86 bits per heavy atom. The van der Waals surface area contributed by atoms with Crippen molar-refractivity contribution in [3.63, 3.8) is 0 Å². The highest BCUT2D eigenvalue weighted by Crippen LogP contribution is 2.34. The SMILES string of the molecule is CC(=O)c1ccc(-c2ccc(OCCNC(=O)/C=C/c3cccnc3C)c(Cl)c2)s1.Cc1ncccc1/C=C/C(=O)O.Cc1ncccc1C=O. The van der Waals surface area contributed by atoms with Crippen molar-refractivity contribution >= 4 is 59.0 Å². The maximum Gasteiger partial charge on any atom is 0.328 e. The van der Waals surface area contributed by atoms with Gasteiger partial charge >= 0.3 is 5.97 Å². The number of carboxylic acid groups (broad SMARTS) is 1. The number of ketones is 1. The number of Topliss-reactive ketones (excluding diaryl/α,β-unsaturated/α-hetero) is 1. The van der Waals surface area contributed by atoms with Crippen LogP contribution in [0.2, 0.25) is 5.02 Å². The number of thiophene rings is 1. The largest absolute Gasteiger partial charge is 0.490 e. The van der Waals surface area contributed by atoms with Crippen LogP contribution in [0.5, 0.6) is 5.75 Å². The minimum Gasteiger partial charge on any atom is -0.490 e. The number of ether oxygens (including phenoxy) is 1. The van der Waals surface area contributed by atoms with Crippen LogP contribution in [0, 0.1) is 20.8 Å². The summed E-state index contributed by atoms with van der Waals surface area (Å²) in [5.74, 6) is -0.565. The Balaban J connectivity index is 0.000000271. The third-order valence-electron chi connectivity index (χ3n) is 6.92. The third kappa shape index (κ3) is 13.6. The summed E-state index contributed by atoms with van der Waals surface area (Å²) in [5.41, 5.74) is 5.80. The van der Waals surface area contributed by atoms with Crippen molar-refractivity contribution in [2.24, 2.45) is 0 Å². The molecule has 0 bridgehead atoms. The summed E-state index contributed by atoms with van der Waals surface area (Å²) in [6, 6.07) is 20.0. The number of aromatic nitrogens is 3. The van der Waals surface area contributed by atoms with Gasteiger partial charge in [-0.05, 0) is 111 Å². The van der Waals surface area contributed by atoms with Crippen LogP contribution in [0.3, 0.4) is 0 Å². The second-order valence-corrected chi connectivity index (χ2v) is 12.2. The van der Waals surface area contributed by atoms with Crippen molar-refractivity contribution < 1.29 is 29.0 Å². The Hall–Kier alpha value is -5.78. The number of rotatable bonds is 11. The molecule has 262 valence electrons. The first-order valence-corrected chi connectivity index (χ1v) is 16.8. The van der Waals surface area contributed by atoms with Gasteiger partial charge in [0, 0.05) is 58.3 Å². The molecule has 0 atom stereocenters. The molecule has 12 heteroatoms. The fourth-order valence-corrected chi connectivity index (χ4v) is 5.27. The number of nitrogens with zero attached hydrogens (tertiary/aromatic N) is 3. The Labute approximate surface area is 305 Å². The number of amides is 1. The Bertz CT molecular complexity index is 2020. The fraction of sp³-hybridized carbons (Fsp3) is 0.154. The van der Waals surface area contributed by atoms with Crippen LogP contribution in [0.25, 0.3) is 22.6 Å². The fourth-order valence-electron chi connectivity index (χ4n) is 4.14. The van der Waals surface area contributed by atoms with E-state index < -0.39 is 5.97 Å². The number of hydrogen-bond donors (Lipinski definition) is 2. The first kappa shape index (κ1) is 39.7. The highest BCUT2D eigenvalue weighted by atomic mass is 35.5. The number of carboxylic acids is 1. The van der Waals surface area contributed by atoms with Crippen molar-refractivity contribution in [2.45, 2.75) is 27.7 Å². The van der Waals surface area contributed by atoms with E-state index in [1.54, 1.807) is 55.9 Å². The summed E-state index contributed by atoms with van der Waals surface area (Å²) in [6.07, 6.45) is 11.7. The van der Waals surface area contributed by atoms with Gasteiger partial charge in [0.05, 0.1) is 16.4 Å². The molecule has 4 aromatic heterocycles. The molecule has 5 aromatic rings. The van der Waals surface area contributed by atoms with E-state index in [9.17, 15) is 19.2 Å². The molecule has 0 aliphatic carbocycles. The summed E-state index contributed by atoms with van der Waals surface area (Å²) in [7, 11) is 0. The number of carbonyl (C=O) groups excluding carboxylic acids is 3. The summed E-state index contributed by atoms with van der Waals surface area (Å²) in [6.45, 7) is 7.72.